The van der Waals surface area contributed by atoms with Crippen LogP contribution >= 0.6 is 0 Å². The summed E-state index contributed by atoms with van der Waals surface area (Å²) >= 11 is 0. The lowest BCUT2D eigenvalue weighted by Crippen LogP contribution is -2.47. The van der Waals surface area contributed by atoms with Crippen LogP contribution in [0.25, 0.3) is 22.3 Å². The summed E-state index contributed by atoms with van der Waals surface area (Å²) < 4.78 is 0. The Kier molecular flexibility index (Phi) is 5.28. The van der Waals surface area contributed by atoms with Crippen molar-refractivity contribution >= 4 is 28.4 Å². The lowest BCUT2D eigenvalue weighted by Gasteiger charge is -2.32. The number of anilines is 2. The molecule has 3 aromatic heterocycles. The number of nitrogens with one attached hydrogen (secondary N) is 2. The normalized spacial score (nSPS) is 14.6. The van der Waals surface area contributed by atoms with Gasteiger partial charge in [0.05, 0.1) is 11.4 Å². The molecule has 8 heteroatoms. The van der Waals surface area contributed by atoms with Crippen molar-refractivity contribution in [3.05, 3.63) is 66.1 Å². The average molecular weight is 428 g/mol. The van der Waals surface area contributed by atoms with E-state index in [1.807, 2.05) is 54.3 Å². The average Bonchev–Trinajstić information content (AvgIpc) is 3.23. The lowest BCUT2D eigenvalue weighted by molar-refractivity contribution is 0.0659. The van der Waals surface area contributed by atoms with Crippen molar-refractivity contribution in [1.29, 1.82) is 0 Å². The highest BCUT2D eigenvalue weighted by atomic mass is 16.2. The Hall–Kier alpha value is -3.78. The number of carbonyl (C=O) groups is 1. The van der Waals surface area contributed by atoms with Crippen LogP contribution in [0.2, 0.25) is 0 Å². The number of H-pyrrole nitrogens is 1. The van der Waals surface area contributed by atoms with Gasteiger partial charge in [0.1, 0.15) is 5.69 Å². The summed E-state index contributed by atoms with van der Waals surface area (Å²) in [5.41, 5.74) is 5.09. The third-order valence-corrected chi connectivity index (χ3v) is 5.73. The molecule has 32 heavy (non-hydrogen) atoms. The molecule has 1 aromatic carbocycles. The molecule has 1 amide bonds. The molecule has 1 aliphatic rings. The Morgan fingerprint density at radius 2 is 1.78 bits per heavy atom. The van der Waals surface area contributed by atoms with Crippen LogP contribution in [0.1, 0.15) is 16.1 Å². The molecule has 0 spiro atoms. The van der Waals surface area contributed by atoms with Gasteiger partial charge >= 0.3 is 0 Å². The van der Waals surface area contributed by atoms with Gasteiger partial charge in [-0.1, -0.05) is 0 Å². The first kappa shape index (κ1) is 20.1. The van der Waals surface area contributed by atoms with E-state index in [1.54, 1.807) is 12.4 Å². The van der Waals surface area contributed by atoms with Crippen molar-refractivity contribution in [2.45, 2.75) is 6.92 Å². The summed E-state index contributed by atoms with van der Waals surface area (Å²) in [6.45, 7) is 5.33. The fourth-order valence-corrected chi connectivity index (χ4v) is 3.87. The largest absolute Gasteiger partial charge is 0.351 e. The van der Waals surface area contributed by atoms with E-state index in [-0.39, 0.29) is 5.91 Å². The molecule has 0 unspecified atom stereocenters. The van der Waals surface area contributed by atoms with E-state index in [0.29, 0.717) is 11.6 Å². The number of benzene rings is 1. The molecule has 0 aliphatic carbocycles. The van der Waals surface area contributed by atoms with Crippen LogP contribution < -0.4 is 5.32 Å². The summed E-state index contributed by atoms with van der Waals surface area (Å²) in [5, 5.41) is 4.22. The SMILES string of the molecule is Cc1ccnc(-c2ccnc(Nc3ccc4[nH]c(C(=O)N5CCN(C)CC5)cc4c3)n2)c1. The molecule has 1 saturated heterocycles. The number of likely N-dealkylation sites (N-methyl/N-ethyl adjacent to an activating group) is 1. The minimum atomic E-state index is 0.0468. The van der Waals surface area contributed by atoms with Crippen molar-refractivity contribution in [2.75, 3.05) is 38.5 Å². The first-order valence-electron chi connectivity index (χ1n) is 10.7. The Balaban J connectivity index is 1.35. The third-order valence-electron chi connectivity index (χ3n) is 5.73. The number of piperazine rings is 1. The Bertz CT molecular complexity index is 1270. The number of hydrogen-bond acceptors (Lipinski definition) is 6. The number of aromatic amines is 1. The number of aryl methyl sites for hydroxylation is 1. The molecule has 1 fully saturated rings. The van der Waals surface area contributed by atoms with Crippen LogP contribution in [0.5, 0.6) is 0 Å². The number of aromatic nitrogens is 4. The maximum Gasteiger partial charge on any atom is 0.270 e. The van der Waals surface area contributed by atoms with Crippen molar-refractivity contribution in [1.82, 2.24) is 29.7 Å². The van der Waals surface area contributed by atoms with Crippen LogP contribution in [0, 0.1) is 6.92 Å². The maximum absolute atomic E-state index is 12.9. The fraction of sp³-hybridized carbons (Fsp3) is 0.250. The second-order valence-electron chi connectivity index (χ2n) is 8.19. The maximum atomic E-state index is 12.9. The highest BCUT2D eigenvalue weighted by molar-refractivity contribution is 5.98. The summed E-state index contributed by atoms with van der Waals surface area (Å²) in [6.07, 6.45) is 3.50. The fourth-order valence-electron chi connectivity index (χ4n) is 3.87. The number of fused-ring (bicyclic) bond motifs is 1. The van der Waals surface area contributed by atoms with Gasteiger partial charge in [0.2, 0.25) is 5.95 Å². The zero-order chi connectivity index (χ0) is 22.1. The van der Waals surface area contributed by atoms with E-state index >= 15 is 0 Å². The van der Waals surface area contributed by atoms with E-state index in [1.165, 1.54) is 0 Å². The molecule has 5 rings (SSSR count). The van der Waals surface area contributed by atoms with Gasteiger partial charge in [0.15, 0.2) is 0 Å². The predicted molar refractivity (Wildman–Crippen MR) is 125 cm³/mol. The van der Waals surface area contributed by atoms with Gasteiger partial charge in [-0.2, -0.15) is 0 Å². The molecule has 0 saturated carbocycles. The topological polar surface area (TPSA) is 90.0 Å². The van der Waals surface area contributed by atoms with Gasteiger partial charge < -0.3 is 20.1 Å². The van der Waals surface area contributed by atoms with E-state index in [4.69, 9.17) is 0 Å². The molecule has 0 atom stereocenters. The number of amides is 1. The van der Waals surface area contributed by atoms with Gasteiger partial charge in [-0.3, -0.25) is 9.78 Å². The molecule has 0 bridgehead atoms. The van der Waals surface area contributed by atoms with Gasteiger partial charge in [-0.05, 0) is 62.0 Å². The van der Waals surface area contributed by atoms with Crippen LogP contribution in [-0.4, -0.2) is 68.9 Å². The minimum absolute atomic E-state index is 0.0468. The van der Waals surface area contributed by atoms with Gasteiger partial charge in [-0.15, -0.1) is 0 Å². The molecular weight excluding hydrogens is 402 g/mol. The highest BCUT2D eigenvalue weighted by Gasteiger charge is 2.21. The molecule has 2 N–H and O–H groups in total. The number of rotatable bonds is 4. The van der Waals surface area contributed by atoms with Crippen LogP contribution in [-0.2, 0) is 0 Å². The number of nitrogens with zero attached hydrogens (tertiary/aromatic N) is 5. The molecule has 1 aliphatic heterocycles. The summed E-state index contributed by atoms with van der Waals surface area (Å²) in [7, 11) is 2.08. The van der Waals surface area contributed by atoms with Crippen molar-refractivity contribution in [3.63, 3.8) is 0 Å². The molecule has 162 valence electrons. The van der Waals surface area contributed by atoms with E-state index in [9.17, 15) is 4.79 Å². The minimum Gasteiger partial charge on any atom is -0.351 e. The number of pyridine rings is 1. The Labute approximate surface area is 186 Å². The Morgan fingerprint density at radius 1 is 0.969 bits per heavy atom. The molecule has 8 nitrogen and oxygen atoms in total. The van der Waals surface area contributed by atoms with Crippen LogP contribution in [0.4, 0.5) is 11.6 Å². The van der Waals surface area contributed by atoms with Gasteiger partial charge in [0.25, 0.3) is 5.91 Å². The Morgan fingerprint density at radius 3 is 2.59 bits per heavy atom. The quantitative estimate of drug-likeness (QED) is 0.518. The van der Waals surface area contributed by atoms with E-state index < -0.39 is 0 Å². The van der Waals surface area contributed by atoms with Gasteiger partial charge in [-0.25, -0.2) is 9.97 Å². The standard InChI is InChI=1S/C24H25N7O/c1-16-5-7-25-21(13-16)20-6-8-26-24(29-20)27-18-3-4-19-17(14-18)15-22(28-19)23(32)31-11-9-30(2)10-12-31/h3-8,13-15,28H,9-12H2,1-2H3,(H,26,27,29). The molecule has 4 aromatic rings. The number of hydrogen-bond donors (Lipinski definition) is 2. The summed E-state index contributed by atoms with van der Waals surface area (Å²) in [6, 6.07) is 13.6. The van der Waals surface area contributed by atoms with Crippen LogP contribution in [0.15, 0.2) is 54.9 Å². The number of carbonyl (C=O) groups excluding carboxylic acids is 1. The second kappa shape index (κ2) is 8.39. The third kappa shape index (κ3) is 4.17. The first-order chi connectivity index (χ1) is 15.5. The smallest absolute Gasteiger partial charge is 0.270 e. The van der Waals surface area contributed by atoms with E-state index in [2.05, 4.69) is 37.2 Å². The first-order valence-corrected chi connectivity index (χ1v) is 10.7. The molecular formula is C24H25N7O. The zero-order valence-electron chi connectivity index (χ0n) is 18.2. The summed E-state index contributed by atoms with van der Waals surface area (Å²) in [5.74, 6) is 0.542. The zero-order valence-corrected chi connectivity index (χ0v) is 18.2. The lowest BCUT2D eigenvalue weighted by atomic mass is 10.2. The highest BCUT2D eigenvalue weighted by Crippen LogP contribution is 2.24. The van der Waals surface area contributed by atoms with Gasteiger partial charge in [0, 0.05) is 55.2 Å². The van der Waals surface area contributed by atoms with Crippen LogP contribution in [0.3, 0.4) is 0 Å². The monoisotopic (exact) mass is 427 g/mol. The predicted octanol–water partition coefficient (Wildman–Crippen LogP) is 3.46. The second-order valence-corrected chi connectivity index (χ2v) is 8.19. The van der Waals surface area contributed by atoms with Crippen molar-refractivity contribution in [3.8, 4) is 11.4 Å². The van der Waals surface area contributed by atoms with Crippen molar-refractivity contribution < 1.29 is 4.79 Å². The van der Waals surface area contributed by atoms with Crippen molar-refractivity contribution in [2.24, 2.45) is 0 Å². The van der Waals surface area contributed by atoms with E-state index in [0.717, 1.165) is 59.7 Å². The summed E-state index contributed by atoms with van der Waals surface area (Å²) in [4.78, 5) is 33.6. The molecule has 0 radical (unpaired) electrons. The molecule has 4 heterocycles.